The smallest absolute Gasteiger partial charge is 0.241 e. The molecule has 5 nitrogen and oxygen atoms in total. The van der Waals surface area contributed by atoms with E-state index in [1.807, 2.05) is 6.07 Å². The molecule has 0 aliphatic heterocycles. The van der Waals surface area contributed by atoms with Crippen LogP contribution in [0, 0.1) is 0 Å². The third-order valence-corrected chi connectivity index (χ3v) is 6.12. The highest BCUT2D eigenvalue weighted by molar-refractivity contribution is 7.90. The Morgan fingerprint density at radius 3 is 2.43 bits per heavy atom. The summed E-state index contributed by atoms with van der Waals surface area (Å²) in [4.78, 5) is 0.182. The van der Waals surface area contributed by atoms with Gasteiger partial charge in [0, 0.05) is 45.3 Å². The van der Waals surface area contributed by atoms with Gasteiger partial charge in [-0.3, -0.25) is 4.21 Å². The molecule has 0 radical (unpaired) electrons. The molecule has 0 saturated carbocycles. The van der Waals surface area contributed by atoms with Crippen LogP contribution in [0.4, 0.5) is 5.69 Å². The summed E-state index contributed by atoms with van der Waals surface area (Å²) in [7, 11) is -4.75. The van der Waals surface area contributed by atoms with E-state index >= 15 is 0 Å². The Hall–Kier alpha value is -1.44. The maximum absolute atomic E-state index is 12.4. The lowest BCUT2D eigenvalue weighted by molar-refractivity contribution is 0.581. The van der Waals surface area contributed by atoms with Crippen molar-refractivity contribution in [3.05, 3.63) is 36.4 Å². The molecule has 0 spiro atoms. The predicted molar refractivity (Wildman–Crippen MR) is 87.1 cm³/mol. The van der Waals surface area contributed by atoms with Gasteiger partial charge >= 0.3 is 0 Å². The minimum Gasteiger partial charge on any atom is -0.398 e. The highest BCUT2D eigenvalue weighted by Crippen LogP contribution is 2.27. The minimum atomic E-state index is -3.67. The molecule has 0 heterocycles. The molecule has 0 aliphatic rings. The fourth-order valence-electron chi connectivity index (χ4n) is 1.95. The van der Waals surface area contributed by atoms with Crippen LogP contribution in [0.25, 0.3) is 10.8 Å². The van der Waals surface area contributed by atoms with Crippen molar-refractivity contribution in [2.24, 2.45) is 0 Å². The van der Waals surface area contributed by atoms with Crippen molar-refractivity contribution in [1.29, 1.82) is 0 Å². The van der Waals surface area contributed by atoms with E-state index in [0.717, 1.165) is 0 Å². The number of fused-ring (bicyclic) bond motifs is 1. The molecule has 0 aliphatic carbocycles. The number of nitrogens with one attached hydrogen (secondary N) is 1. The molecule has 0 bridgehead atoms. The summed E-state index contributed by atoms with van der Waals surface area (Å²) >= 11 is 0. The SMILES string of the molecule is CC(CNS(=O)(=O)c1ccc(N)c2ccccc12)S(C)=O. The predicted octanol–water partition coefficient (Wildman–Crippen LogP) is 1.47. The van der Waals surface area contributed by atoms with Gasteiger partial charge in [-0.25, -0.2) is 13.1 Å². The molecule has 0 fully saturated rings. The topological polar surface area (TPSA) is 89.3 Å². The van der Waals surface area contributed by atoms with Gasteiger partial charge < -0.3 is 5.73 Å². The minimum absolute atomic E-state index is 0.129. The van der Waals surface area contributed by atoms with Crippen LogP contribution in [0.5, 0.6) is 0 Å². The molecular weight excluding hydrogens is 308 g/mol. The summed E-state index contributed by atoms with van der Waals surface area (Å²) in [6.07, 6.45) is 1.55. The van der Waals surface area contributed by atoms with Crippen LogP contribution in [0.15, 0.2) is 41.3 Å². The molecule has 0 amide bonds. The number of hydrogen-bond acceptors (Lipinski definition) is 4. The van der Waals surface area contributed by atoms with Crippen LogP contribution < -0.4 is 10.5 Å². The number of nitrogens with two attached hydrogens (primary N) is 1. The average Bonchev–Trinajstić information content (AvgIpc) is 2.45. The molecule has 114 valence electrons. The molecule has 21 heavy (non-hydrogen) atoms. The van der Waals surface area contributed by atoms with Crippen LogP contribution in [0.2, 0.25) is 0 Å². The van der Waals surface area contributed by atoms with Crippen LogP contribution in [-0.2, 0) is 20.8 Å². The van der Waals surface area contributed by atoms with E-state index in [9.17, 15) is 12.6 Å². The maximum Gasteiger partial charge on any atom is 0.241 e. The first-order chi connectivity index (χ1) is 9.83. The number of benzene rings is 2. The van der Waals surface area contributed by atoms with Gasteiger partial charge in [-0.15, -0.1) is 0 Å². The lowest BCUT2D eigenvalue weighted by Gasteiger charge is -2.13. The second-order valence-electron chi connectivity index (χ2n) is 4.86. The Labute approximate surface area is 127 Å². The maximum atomic E-state index is 12.4. The van der Waals surface area contributed by atoms with Crippen molar-refractivity contribution in [3.63, 3.8) is 0 Å². The third-order valence-electron chi connectivity index (χ3n) is 3.33. The van der Waals surface area contributed by atoms with Gasteiger partial charge in [0.15, 0.2) is 0 Å². The molecule has 0 aromatic heterocycles. The number of anilines is 1. The number of nitrogen functional groups attached to an aromatic ring is 1. The normalized spacial score (nSPS) is 15.0. The molecule has 2 aromatic rings. The van der Waals surface area contributed by atoms with Crippen LogP contribution in [-0.4, -0.2) is 30.7 Å². The fraction of sp³-hybridized carbons (Fsp3) is 0.286. The lowest BCUT2D eigenvalue weighted by atomic mass is 10.1. The first kappa shape index (κ1) is 15.9. The average molecular weight is 326 g/mol. The van der Waals surface area contributed by atoms with E-state index in [4.69, 9.17) is 5.73 Å². The summed E-state index contributed by atoms with van der Waals surface area (Å²) < 4.78 is 38.7. The summed E-state index contributed by atoms with van der Waals surface area (Å²) in [6, 6.07) is 10.2. The number of rotatable bonds is 5. The van der Waals surface area contributed by atoms with Gasteiger partial charge in [-0.2, -0.15) is 0 Å². The van der Waals surface area contributed by atoms with Gasteiger partial charge in [0.1, 0.15) is 0 Å². The first-order valence-corrected chi connectivity index (χ1v) is 9.52. The van der Waals surface area contributed by atoms with Crippen molar-refractivity contribution in [1.82, 2.24) is 4.72 Å². The fourth-order valence-corrected chi connectivity index (χ4v) is 3.71. The Kier molecular flexibility index (Phi) is 4.65. The Morgan fingerprint density at radius 1 is 1.19 bits per heavy atom. The molecule has 2 aromatic carbocycles. The second kappa shape index (κ2) is 6.13. The van der Waals surface area contributed by atoms with Gasteiger partial charge in [-0.1, -0.05) is 24.3 Å². The van der Waals surface area contributed by atoms with Gasteiger partial charge in [0.2, 0.25) is 10.0 Å². The van der Waals surface area contributed by atoms with Gasteiger partial charge in [-0.05, 0) is 19.1 Å². The molecule has 2 rings (SSSR count). The van der Waals surface area contributed by atoms with Crippen molar-refractivity contribution in [3.8, 4) is 0 Å². The van der Waals surface area contributed by atoms with Gasteiger partial charge in [0.25, 0.3) is 0 Å². The summed E-state index contributed by atoms with van der Waals surface area (Å²) in [5, 5.41) is 1.03. The zero-order valence-corrected chi connectivity index (χ0v) is 13.5. The first-order valence-electron chi connectivity index (χ1n) is 6.42. The standard InChI is InChI=1S/C14H18N2O3S2/c1-10(20(2)17)9-16-21(18,19)14-8-7-13(15)11-5-3-4-6-12(11)14/h3-8,10,16H,9,15H2,1-2H3. The molecule has 0 saturated heterocycles. The quantitative estimate of drug-likeness (QED) is 0.814. The van der Waals surface area contributed by atoms with Crippen LogP contribution >= 0.6 is 0 Å². The zero-order valence-electron chi connectivity index (χ0n) is 11.9. The summed E-state index contributed by atoms with van der Waals surface area (Å²) in [6.45, 7) is 1.86. The molecule has 3 N–H and O–H groups in total. The Morgan fingerprint density at radius 2 is 1.81 bits per heavy atom. The number of sulfonamides is 1. The third kappa shape index (κ3) is 3.42. The Bertz CT molecular complexity index is 788. The zero-order chi connectivity index (χ0) is 15.6. The largest absolute Gasteiger partial charge is 0.398 e. The molecule has 2 unspecified atom stereocenters. The molecule has 2 atom stereocenters. The lowest BCUT2D eigenvalue weighted by Crippen LogP contribution is -2.32. The molecular formula is C14H18N2O3S2. The van der Waals surface area contributed by atoms with E-state index < -0.39 is 20.8 Å². The highest BCUT2D eigenvalue weighted by atomic mass is 32.2. The van der Waals surface area contributed by atoms with E-state index in [-0.39, 0.29) is 16.7 Å². The summed E-state index contributed by atoms with van der Waals surface area (Å²) in [5.74, 6) is 0. The highest BCUT2D eigenvalue weighted by Gasteiger charge is 2.19. The van der Waals surface area contributed by atoms with E-state index in [1.54, 1.807) is 37.4 Å². The Balaban J connectivity index is 2.41. The van der Waals surface area contributed by atoms with Gasteiger partial charge in [0.05, 0.1) is 4.90 Å². The van der Waals surface area contributed by atoms with Crippen molar-refractivity contribution in [2.75, 3.05) is 18.5 Å². The molecule has 7 heteroatoms. The monoisotopic (exact) mass is 326 g/mol. The van der Waals surface area contributed by atoms with E-state index in [0.29, 0.717) is 16.5 Å². The van der Waals surface area contributed by atoms with Crippen molar-refractivity contribution in [2.45, 2.75) is 17.1 Å². The van der Waals surface area contributed by atoms with Crippen molar-refractivity contribution < 1.29 is 12.6 Å². The number of hydrogen-bond donors (Lipinski definition) is 2. The van der Waals surface area contributed by atoms with Crippen molar-refractivity contribution >= 4 is 37.3 Å². The van der Waals surface area contributed by atoms with E-state index in [2.05, 4.69) is 4.72 Å². The summed E-state index contributed by atoms with van der Waals surface area (Å²) in [5.41, 5.74) is 6.41. The second-order valence-corrected chi connectivity index (χ2v) is 8.40. The van der Waals surface area contributed by atoms with Crippen LogP contribution in [0.1, 0.15) is 6.92 Å². The van der Waals surface area contributed by atoms with E-state index in [1.165, 1.54) is 6.07 Å². The van der Waals surface area contributed by atoms with Crippen LogP contribution in [0.3, 0.4) is 0 Å².